The first-order chi connectivity index (χ1) is 9.80. The van der Waals surface area contributed by atoms with Crippen LogP contribution < -0.4 is 4.72 Å². The minimum atomic E-state index is -3.75. The van der Waals surface area contributed by atoms with Crippen LogP contribution in [0, 0.1) is 3.57 Å². The van der Waals surface area contributed by atoms with Gasteiger partial charge in [-0.25, -0.2) is 17.9 Å². The molecule has 0 bridgehead atoms. The molecule has 0 saturated heterocycles. The van der Waals surface area contributed by atoms with E-state index in [4.69, 9.17) is 9.84 Å². The summed E-state index contributed by atoms with van der Waals surface area (Å²) in [5, 5.41) is 9.06. The summed E-state index contributed by atoms with van der Waals surface area (Å²) < 4.78 is 32.9. The summed E-state index contributed by atoms with van der Waals surface area (Å²) in [5.74, 6) is -1.15. The molecular weight excluding hydrogens is 409 g/mol. The van der Waals surface area contributed by atoms with Crippen LogP contribution in [-0.2, 0) is 14.8 Å². The van der Waals surface area contributed by atoms with Crippen LogP contribution in [0.1, 0.15) is 29.6 Å². The van der Waals surface area contributed by atoms with Gasteiger partial charge in [-0.15, -0.1) is 0 Å². The molecule has 116 valence electrons. The average molecular weight is 425 g/mol. The van der Waals surface area contributed by atoms with E-state index < -0.39 is 21.6 Å². The van der Waals surface area contributed by atoms with Crippen molar-refractivity contribution in [1.82, 2.24) is 4.72 Å². The number of carboxylic acid groups (broad SMARTS) is 1. The van der Waals surface area contributed by atoms with Crippen molar-refractivity contribution in [1.29, 1.82) is 0 Å². The molecular formula is C13H16INO5S. The molecule has 8 heteroatoms. The van der Waals surface area contributed by atoms with Gasteiger partial charge in [0.25, 0.3) is 0 Å². The summed E-state index contributed by atoms with van der Waals surface area (Å²) in [7, 11) is -2.18. The summed E-state index contributed by atoms with van der Waals surface area (Å²) in [6.45, 7) is 0.195. The fourth-order valence-corrected chi connectivity index (χ4v) is 3.88. The maximum absolute atomic E-state index is 12.3. The number of methoxy groups -OCH3 is 1. The van der Waals surface area contributed by atoms with Crippen molar-refractivity contribution in [3.8, 4) is 0 Å². The van der Waals surface area contributed by atoms with E-state index in [0.717, 1.165) is 19.3 Å². The van der Waals surface area contributed by atoms with Crippen molar-refractivity contribution in [2.24, 2.45) is 0 Å². The van der Waals surface area contributed by atoms with E-state index in [0.29, 0.717) is 3.57 Å². The Labute approximate surface area is 137 Å². The van der Waals surface area contributed by atoms with E-state index in [1.54, 1.807) is 7.11 Å². The number of carbonyl (C=O) groups is 1. The Morgan fingerprint density at radius 3 is 2.62 bits per heavy atom. The van der Waals surface area contributed by atoms with Crippen LogP contribution in [0.2, 0.25) is 0 Å². The lowest BCUT2D eigenvalue weighted by Gasteiger charge is -2.40. The van der Waals surface area contributed by atoms with Crippen LogP contribution in [0.25, 0.3) is 0 Å². The zero-order valence-corrected chi connectivity index (χ0v) is 14.4. The molecule has 6 nitrogen and oxygen atoms in total. The number of halogens is 1. The second kappa shape index (κ2) is 6.19. The molecule has 1 aliphatic carbocycles. The number of hydrogen-bond acceptors (Lipinski definition) is 4. The molecule has 0 heterocycles. The molecule has 0 unspecified atom stereocenters. The molecule has 0 aromatic heterocycles. The largest absolute Gasteiger partial charge is 0.478 e. The maximum Gasteiger partial charge on any atom is 0.336 e. The zero-order chi connectivity index (χ0) is 15.7. The lowest BCUT2D eigenvalue weighted by Crippen LogP contribution is -2.49. The van der Waals surface area contributed by atoms with Crippen LogP contribution in [0.4, 0.5) is 0 Å². The predicted molar refractivity (Wildman–Crippen MR) is 84.9 cm³/mol. The first kappa shape index (κ1) is 16.7. The SMILES string of the molecule is COC1(CNS(=O)(=O)c2ccc(I)c(C(=O)O)c2)CCC1. The smallest absolute Gasteiger partial charge is 0.336 e. The van der Waals surface area contributed by atoms with Crippen LogP contribution in [0.5, 0.6) is 0 Å². The molecule has 0 amide bonds. The third-order valence-corrected chi connectivity index (χ3v) is 6.10. The number of hydrogen-bond donors (Lipinski definition) is 2. The van der Waals surface area contributed by atoms with Crippen molar-refractivity contribution in [3.63, 3.8) is 0 Å². The van der Waals surface area contributed by atoms with E-state index in [1.807, 2.05) is 22.6 Å². The Kier molecular flexibility index (Phi) is 4.91. The number of nitrogens with one attached hydrogen (secondary N) is 1. The highest BCUT2D eigenvalue weighted by molar-refractivity contribution is 14.1. The normalized spacial score (nSPS) is 17.2. The lowest BCUT2D eigenvalue weighted by molar-refractivity contribution is -0.0659. The van der Waals surface area contributed by atoms with Crippen molar-refractivity contribution >= 4 is 38.6 Å². The van der Waals surface area contributed by atoms with E-state index in [1.165, 1.54) is 18.2 Å². The molecule has 1 aliphatic rings. The highest BCUT2D eigenvalue weighted by atomic mass is 127. The van der Waals surface area contributed by atoms with Crippen LogP contribution in [0.3, 0.4) is 0 Å². The van der Waals surface area contributed by atoms with Crippen molar-refractivity contribution in [3.05, 3.63) is 27.3 Å². The highest BCUT2D eigenvalue weighted by Crippen LogP contribution is 2.34. The molecule has 1 aromatic carbocycles. The van der Waals surface area contributed by atoms with Gasteiger partial charge in [-0.05, 0) is 60.1 Å². The minimum absolute atomic E-state index is 0.0245. The van der Waals surface area contributed by atoms with Crippen molar-refractivity contribution in [2.75, 3.05) is 13.7 Å². The second-order valence-corrected chi connectivity index (χ2v) is 7.94. The lowest BCUT2D eigenvalue weighted by atomic mass is 9.80. The molecule has 0 atom stereocenters. The van der Waals surface area contributed by atoms with Crippen molar-refractivity contribution in [2.45, 2.75) is 29.8 Å². The van der Waals surface area contributed by atoms with Gasteiger partial charge in [-0.1, -0.05) is 0 Å². The topological polar surface area (TPSA) is 92.7 Å². The molecule has 2 N–H and O–H groups in total. The van der Waals surface area contributed by atoms with E-state index in [-0.39, 0.29) is 17.0 Å². The summed E-state index contributed by atoms with van der Waals surface area (Å²) in [6, 6.07) is 4.05. The first-order valence-corrected chi connectivity index (χ1v) is 8.93. The summed E-state index contributed by atoms with van der Waals surface area (Å²) in [6.07, 6.45) is 2.65. The first-order valence-electron chi connectivity index (χ1n) is 6.37. The predicted octanol–water partition coefficient (Wildman–Crippen LogP) is 1.84. The second-order valence-electron chi connectivity index (χ2n) is 5.01. The summed E-state index contributed by atoms with van der Waals surface area (Å²) in [5.41, 5.74) is -0.449. The molecule has 1 aromatic rings. The number of sulfonamides is 1. The van der Waals surface area contributed by atoms with Gasteiger partial charge in [-0.2, -0.15) is 0 Å². The monoisotopic (exact) mass is 425 g/mol. The third-order valence-electron chi connectivity index (χ3n) is 3.76. The quantitative estimate of drug-likeness (QED) is 0.679. The minimum Gasteiger partial charge on any atom is -0.478 e. The van der Waals surface area contributed by atoms with Gasteiger partial charge in [0.2, 0.25) is 10.0 Å². The molecule has 2 rings (SSSR count). The van der Waals surface area contributed by atoms with Crippen LogP contribution >= 0.6 is 22.6 Å². The Balaban J connectivity index is 2.20. The fraction of sp³-hybridized carbons (Fsp3) is 0.462. The summed E-state index contributed by atoms with van der Waals surface area (Å²) in [4.78, 5) is 11.0. The van der Waals surface area contributed by atoms with Crippen molar-refractivity contribution < 1.29 is 23.1 Å². The molecule has 0 radical (unpaired) electrons. The van der Waals surface area contributed by atoms with Gasteiger partial charge in [0.1, 0.15) is 0 Å². The zero-order valence-electron chi connectivity index (χ0n) is 11.4. The van der Waals surface area contributed by atoms with Gasteiger partial charge < -0.3 is 9.84 Å². The number of rotatable bonds is 6. The number of benzene rings is 1. The standard InChI is InChI=1S/C13H16INO5S/c1-20-13(5-2-6-13)8-15-21(18,19)9-3-4-11(14)10(7-9)12(16)17/h3-4,7,15H,2,5-6,8H2,1H3,(H,16,17). The molecule has 0 aliphatic heterocycles. The molecule has 0 spiro atoms. The van der Waals surface area contributed by atoms with Gasteiger partial charge >= 0.3 is 5.97 Å². The van der Waals surface area contributed by atoms with Gasteiger partial charge in [-0.3, -0.25) is 0 Å². The summed E-state index contributed by atoms with van der Waals surface area (Å²) >= 11 is 1.86. The molecule has 21 heavy (non-hydrogen) atoms. The van der Waals surface area contributed by atoms with E-state index in [9.17, 15) is 13.2 Å². The molecule has 1 fully saturated rings. The number of aromatic carboxylic acids is 1. The van der Waals surface area contributed by atoms with Gasteiger partial charge in [0, 0.05) is 17.2 Å². The van der Waals surface area contributed by atoms with Crippen LogP contribution in [0.15, 0.2) is 23.1 Å². The maximum atomic E-state index is 12.3. The van der Waals surface area contributed by atoms with E-state index in [2.05, 4.69) is 4.72 Å². The van der Waals surface area contributed by atoms with E-state index >= 15 is 0 Å². The molecule has 1 saturated carbocycles. The number of ether oxygens (including phenoxy) is 1. The Morgan fingerprint density at radius 2 is 2.14 bits per heavy atom. The fourth-order valence-electron chi connectivity index (χ4n) is 2.17. The Hall–Kier alpha value is -0.710. The van der Waals surface area contributed by atoms with Gasteiger partial charge in [0.05, 0.1) is 16.1 Å². The number of carboxylic acids is 1. The Bertz CT molecular complexity index is 649. The van der Waals surface area contributed by atoms with Crippen LogP contribution in [-0.4, -0.2) is 38.7 Å². The van der Waals surface area contributed by atoms with Gasteiger partial charge in [0.15, 0.2) is 0 Å². The highest BCUT2D eigenvalue weighted by Gasteiger charge is 2.38. The Morgan fingerprint density at radius 1 is 1.48 bits per heavy atom. The third kappa shape index (κ3) is 3.55. The average Bonchev–Trinajstić information content (AvgIpc) is 2.37.